The van der Waals surface area contributed by atoms with Gasteiger partial charge in [-0.05, 0) is 50.2 Å². The molecule has 0 unspecified atom stereocenters. The lowest BCUT2D eigenvalue weighted by Gasteiger charge is -2.42. The number of imidazole rings is 1. The summed E-state index contributed by atoms with van der Waals surface area (Å²) in [6.45, 7) is 11.5. The van der Waals surface area contributed by atoms with E-state index in [-0.39, 0.29) is 23.0 Å². The SMILES string of the molecule is CC(C)(C)[Si](C)(C)O[C@@H]1CCC[C@]12CC[C@@H](n1cnc3c(Cl)ncnc31)O2. The minimum atomic E-state index is -1.84. The molecule has 148 valence electrons. The highest BCUT2D eigenvalue weighted by atomic mass is 35.5. The van der Waals surface area contributed by atoms with Crippen LogP contribution in [0.2, 0.25) is 23.3 Å². The number of hydrogen-bond acceptors (Lipinski definition) is 5. The van der Waals surface area contributed by atoms with Crippen LogP contribution in [0.4, 0.5) is 0 Å². The van der Waals surface area contributed by atoms with Gasteiger partial charge in [0.05, 0.1) is 18.0 Å². The van der Waals surface area contributed by atoms with E-state index in [1.54, 1.807) is 6.33 Å². The largest absolute Gasteiger partial charge is 0.411 e. The average Bonchev–Trinajstić information content (AvgIpc) is 3.27. The highest BCUT2D eigenvalue weighted by molar-refractivity contribution is 6.74. The second-order valence-corrected chi connectivity index (χ2v) is 14.5. The van der Waals surface area contributed by atoms with Crippen LogP contribution in [0.25, 0.3) is 11.2 Å². The van der Waals surface area contributed by atoms with Crippen LogP contribution in [0, 0.1) is 0 Å². The molecule has 2 aromatic rings. The van der Waals surface area contributed by atoms with Crippen LogP contribution < -0.4 is 0 Å². The second kappa shape index (κ2) is 6.51. The predicted molar refractivity (Wildman–Crippen MR) is 108 cm³/mol. The van der Waals surface area contributed by atoms with E-state index in [0.29, 0.717) is 10.7 Å². The summed E-state index contributed by atoms with van der Waals surface area (Å²) in [5.41, 5.74) is 1.18. The van der Waals surface area contributed by atoms with Gasteiger partial charge in [0, 0.05) is 0 Å². The fourth-order valence-corrected chi connectivity index (χ4v) is 5.69. The quantitative estimate of drug-likeness (QED) is 0.522. The van der Waals surface area contributed by atoms with Crippen LogP contribution in [0.5, 0.6) is 0 Å². The molecular formula is C19H29ClN4O2Si. The predicted octanol–water partition coefficient (Wildman–Crippen LogP) is 5.10. The maximum Gasteiger partial charge on any atom is 0.192 e. The lowest BCUT2D eigenvalue weighted by Crippen LogP contribution is -2.50. The van der Waals surface area contributed by atoms with E-state index in [0.717, 1.165) is 37.8 Å². The minimum Gasteiger partial charge on any atom is -0.411 e. The molecule has 2 fully saturated rings. The number of rotatable bonds is 3. The van der Waals surface area contributed by atoms with Crippen molar-refractivity contribution in [3.8, 4) is 0 Å². The fourth-order valence-electron chi connectivity index (χ4n) is 4.12. The molecule has 3 heterocycles. The Labute approximate surface area is 166 Å². The first-order chi connectivity index (χ1) is 12.6. The van der Waals surface area contributed by atoms with Crippen molar-refractivity contribution in [2.24, 2.45) is 0 Å². The molecule has 0 N–H and O–H groups in total. The van der Waals surface area contributed by atoms with Gasteiger partial charge < -0.3 is 9.16 Å². The lowest BCUT2D eigenvalue weighted by molar-refractivity contribution is -0.115. The summed E-state index contributed by atoms with van der Waals surface area (Å²) >= 11 is 6.15. The van der Waals surface area contributed by atoms with E-state index in [2.05, 4.69) is 48.8 Å². The first kappa shape index (κ1) is 19.3. The molecule has 0 radical (unpaired) electrons. The van der Waals surface area contributed by atoms with Crippen molar-refractivity contribution in [1.82, 2.24) is 19.5 Å². The molecule has 1 aliphatic carbocycles. The summed E-state index contributed by atoms with van der Waals surface area (Å²) in [5.74, 6) is 0. The molecule has 1 aliphatic heterocycles. The zero-order chi connectivity index (χ0) is 19.4. The Bertz CT molecular complexity index is 850. The highest BCUT2D eigenvalue weighted by Crippen LogP contribution is 2.50. The maximum absolute atomic E-state index is 6.82. The van der Waals surface area contributed by atoms with Crippen LogP contribution in [0.15, 0.2) is 12.7 Å². The second-order valence-electron chi connectivity index (χ2n) is 9.42. The summed E-state index contributed by atoms with van der Waals surface area (Å²) in [7, 11) is -1.84. The molecule has 4 rings (SSSR count). The molecular weight excluding hydrogens is 380 g/mol. The normalized spacial score (nSPS) is 29.3. The van der Waals surface area contributed by atoms with E-state index in [1.807, 2.05) is 4.57 Å². The van der Waals surface area contributed by atoms with Gasteiger partial charge in [0.1, 0.15) is 18.1 Å². The number of fused-ring (bicyclic) bond motifs is 1. The van der Waals surface area contributed by atoms with Crippen LogP contribution >= 0.6 is 11.6 Å². The zero-order valence-corrected chi connectivity index (χ0v) is 18.6. The molecule has 2 aliphatic rings. The van der Waals surface area contributed by atoms with Gasteiger partial charge in [0.25, 0.3) is 0 Å². The van der Waals surface area contributed by atoms with Crippen LogP contribution in [0.3, 0.4) is 0 Å². The number of aromatic nitrogens is 4. The third kappa shape index (κ3) is 3.22. The lowest BCUT2D eigenvalue weighted by atomic mass is 9.96. The van der Waals surface area contributed by atoms with Crippen molar-refractivity contribution < 1.29 is 9.16 Å². The van der Waals surface area contributed by atoms with Gasteiger partial charge in [0.15, 0.2) is 19.1 Å². The Morgan fingerprint density at radius 1 is 1.22 bits per heavy atom. The number of halogens is 1. The van der Waals surface area contributed by atoms with Crippen molar-refractivity contribution in [3.05, 3.63) is 17.8 Å². The monoisotopic (exact) mass is 408 g/mol. The van der Waals surface area contributed by atoms with Crippen molar-refractivity contribution in [1.29, 1.82) is 0 Å². The summed E-state index contributed by atoms with van der Waals surface area (Å²) in [4.78, 5) is 12.8. The first-order valence-electron chi connectivity index (χ1n) is 9.82. The molecule has 1 saturated heterocycles. The van der Waals surface area contributed by atoms with E-state index < -0.39 is 8.32 Å². The summed E-state index contributed by atoms with van der Waals surface area (Å²) < 4.78 is 15.5. The van der Waals surface area contributed by atoms with Gasteiger partial charge in [0.2, 0.25) is 0 Å². The van der Waals surface area contributed by atoms with E-state index in [1.165, 1.54) is 6.33 Å². The molecule has 2 aromatic heterocycles. The average molecular weight is 409 g/mol. The van der Waals surface area contributed by atoms with Crippen molar-refractivity contribution >= 4 is 31.1 Å². The van der Waals surface area contributed by atoms with Gasteiger partial charge in [-0.1, -0.05) is 32.4 Å². The van der Waals surface area contributed by atoms with E-state index >= 15 is 0 Å². The Balaban J connectivity index is 1.58. The number of ether oxygens (including phenoxy) is 1. The molecule has 8 heteroatoms. The smallest absolute Gasteiger partial charge is 0.192 e. The van der Waals surface area contributed by atoms with Crippen molar-refractivity contribution in [2.75, 3.05) is 0 Å². The Morgan fingerprint density at radius 2 is 2.00 bits per heavy atom. The van der Waals surface area contributed by atoms with Crippen molar-refractivity contribution in [3.63, 3.8) is 0 Å². The molecule has 3 atom stereocenters. The summed E-state index contributed by atoms with van der Waals surface area (Å²) in [6.07, 6.45) is 8.59. The van der Waals surface area contributed by atoms with Gasteiger partial charge in [-0.25, -0.2) is 15.0 Å². The fraction of sp³-hybridized carbons (Fsp3) is 0.737. The molecule has 27 heavy (non-hydrogen) atoms. The Kier molecular flexibility index (Phi) is 4.65. The third-order valence-corrected chi connectivity index (χ3v) is 11.5. The molecule has 1 saturated carbocycles. The standard InChI is InChI=1S/C19H29ClN4O2Si/c1-18(2,3)27(4,5)26-13-7-6-9-19(13)10-8-14(25-19)24-12-23-15-16(20)21-11-22-17(15)24/h11-14H,6-10H2,1-5H3/t13-,14+,19+/m1/s1. The molecule has 0 aromatic carbocycles. The Morgan fingerprint density at radius 3 is 2.74 bits per heavy atom. The van der Waals surface area contributed by atoms with Crippen LogP contribution in [0.1, 0.15) is 59.1 Å². The third-order valence-electron chi connectivity index (χ3n) is 6.71. The maximum atomic E-state index is 6.82. The molecule has 6 nitrogen and oxygen atoms in total. The zero-order valence-electron chi connectivity index (χ0n) is 16.8. The van der Waals surface area contributed by atoms with Crippen LogP contribution in [-0.2, 0) is 9.16 Å². The molecule has 1 spiro atoms. The van der Waals surface area contributed by atoms with E-state index in [9.17, 15) is 0 Å². The van der Waals surface area contributed by atoms with Gasteiger partial charge in [-0.2, -0.15) is 0 Å². The first-order valence-corrected chi connectivity index (χ1v) is 13.1. The minimum absolute atomic E-state index is 0.0791. The molecule has 0 amide bonds. The number of hydrogen-bond donors (Lipinski definition) is 0. The van der Waals surface area contributed by atoms with Gasteiger partial charge in [-0.3, -0.25) is 4.57 Å². The summed E-state index contributed by atoms with van der Waals surface area (Å²) in [6, 6.07) is 0. The van der Waals surface area contributed by atoms with Gasteiger partial charge in [-0.15, -0.1) is 0 Å². The summed E-state index contributed by atoms with van der Waals surface area (Å²) in [5, 5.41) is 0.578. The Hall–Kier alpha value is -1.02. The van der Waals surface area contributed by atoms with E-state index in [4.69, 9.17) is 20.8 Å². The van der Waals surface area contributed by atoms with Gasteiger partial charge >= 0.3 is 0 Å². The van der Waals surface area contributed by atoms with Crippen molar-refractivity contribution in [2.45, 2.75) is 88.9 Å². The van der Waals surface area contributed by atoms with Crippen LogP contribution in [-0.4, -0.2) is 39.5 Å². The molecule has 0 bridgehead atoms. The highest BCUT2D eigenvalue weighted by Gasteiger charge is 2.53. The number of nitrogens with zero attached hydrogens (tertiary/aromatic N) is 4. The topological polar surface area (TPSA) is 62.1 Å².